The third kappa shape index (κ3) is 10.7. The third-order valence-electron chi connectivity index (χ3n) is 15.3. The lowest BCUT2D eigenvalue weighted by Gasteiger charge is -2.48. The monoisotopic (exact) mass is 1140 g/mol. The lowest BCUT2D eigenvalue weighted by molar-refractivity contribution is -0.142. The van der Waals surface area contributed by atoms with Gasteiger partial charge in [0.1, 0.15) is 70.8 Å². The Kier molecular flexibility index (Phi) is 15.6. The number of aliphatic hydroxyl groups is 1. The Morgan fingerprint density at radius 3 is 2.36 bits per heavy atom. The molecule has 12 rings (SSSR count). The van der Waals surface area contributed by atoms with Crippen LogP contribution >= 0.6 is 22.9 Å². The lowest BCUT2D eigenvalue weighted by atomic mass is 9.91. The Morgan fingerprint density at radius 1 is 0.963 bits per heavy atom. The summed E-state index contributed by atoms with van der Waals surface area (Å²) in [5, 5.41) is 37.4. The van der Waals surface area contributed by atoms with Gasteiger partial charge in [-0.1, -0.05) is 91.3 Å². The van der Waals surface area contributed by atoms with Crippen LogP contribution in [0.2, 0.25) is 5.02 Å². The van der Waals surface area contributed by atoms with Gasteiger partial charge in [0.2, 0.25) is 11.8 Å². The van der Waals surface area contributed by atoms with E-state index in [2.05, 4.69) is 31.9 Å². The first kappa shape index (κ1) is 55.1. The number of nitrogen functional groups attached to an aromatic ring is 1. The Bertz CT molecular complexity index is 3710. The van der Waals surface area contributed by atoms with E-state index >= 15 is 4.39 Å². The van der Waals surface area contributed by atoms with Crippen LogP contribution in [0.1, 0.15) is 68.8 Å². The van der Waals surface area contributed by atoms with Gasteiger partial charge in [-0.05, 0) is 78.6 Å². The van der Waals surface area contributed by atoms with Gasteiger partial charge in [0, 0.05) is 60.7 Å². The summed E-state index contributed by atoms with van der Waals surface area (Å²) in [4.78, 5) is 42.1. The third-order valence-corrected chi connectivity index (χ3v) is 16.7. The number of carbonyl (C=O) groups is 2. The number of carbonyl (C=O) groups excluding carboxylic acids is 2. The summed E-state index contributed by atoms with van der Waals surface area (Å²) in [7, 11) is 1.59. The molecule has 4 saturated heterocycles. The molecule has 81 heavy (non-hydrogen) atoms. The fourth-order valence-electron chi connectivity index (χ4n) is 11.1. The summed E-state index contributed by atoms with van der Waals surface area (Å²) in [5.41, 5.74) is 10.2. The molecule has 22 heteroatoms. The number of fused-ring (bicyclic) bond motifs is 4. The van der Waals surface area contributed by atoms with E-state index in [1.165, 1.54) is 41.1 Å². The van der Waals surface area contributed by atoms with Crippen molar-refractivity contribution in [3.63, 3.8) is 0 Å². The Labute approximate surface area is 473 Å². The number of piperidine rings is 1. The number of methoxy groups -OCH3 is 1. The molecule has 0 radical (unpaired) electrons. The molecule has 418 valence electrons. The van der Waals surface area contributed by atoms with Gasteiger partial charge in [0.05, 0.1) is 45.8 Å². The van der Waals surface area contributed by atoms with E-state index in [0.29, 0.717) is 88.1 Å². The summed E-state index contributed by atoms with van der Waals surface area (Å²) in [6.07, 6.45) is 3.45. The van der Waals surface area contributed by atoms with Gasteiger partial charge in [-0.3, -0.25) is 9.59 Å². The molecule has 6 atom stereocenters. The second kappa shape index (κ2) is 22.9. The molecule has 4 fully saturated rings. The van der Waals surface area contributed by atoms with Crippen molar-refractivity contribution in [1.82, 2.24) is 40.5 Å². The summed E-state index contributed by atoms with van der Waals surface area (Å²) in [6.45, 7) is 7.07. The second-order valence-corrected chi connectivity index (χ2v) is 22.5. The molecule has 2 amide bonds. The average molecular weight is 1140 g/mol. The van der Waals surface area contributed by atoms with Crippen LogP contribution in [0.25, 0.3) is 54.5 Å². The number of thiophene rings is 1. The van der Waals surface area contributed by atoms with Crippen molar-refractivity contribution in [3.8, 4) is 51.3 Å². The van der Waals surface area contributed by atoms with Gasteiger partial charge < -0.3 is 45.5 Å². The maximum atomic E-state index is 15.5. The van der Waals surface area contributed by atoms with Crippen LogP contribution in [0.4, 0.5) is 24.0 Å². The van der Waals surface area contributed by atoms with E-state index in [1.54, 1.807) is 42.5 Å². The van der Waals surface area contributed by atoms with Crippen LogP contribution in [0.3, 0.4) is 0 Å². The number of piperazine rings is 1. The van der Waals surface area contributed by atoms with E-state index in [-0.39, 0.29) is 80.8 Å². The number of likely N-dealkylation sites (tertiary alicyclic amines) is 1. The maximum absolute atomic E-state index is 15.5. The van der Waals surface area contributed by atoms with Crippen molar-refractivity contribution in [3.05, 3.63) is 130 Å². The number of halogens is 4. The first-order valence-electron chi connectivity index (χ1n) is 26.6. The van der Waals surface area contributed by atoms with E-state index in [4.69, 9.17) is 41.5 Å². The van der Waals surface area contributed by atoms with Crippen molar-refractivity contribution in [2.45, 2.75) is 83.0 Å². The molecule has 5 unspecified atom stereocenters. The average Bonchev–Trinajstić information content (AvgIpc) is 4.29. The van der Waals surface area contributed by atoms with Crippen molar-refractivity contribution in [1.29, 1.82) is 5.26 Å². The number of benzene rings is 5. The summed E-state index contributed by atoms with van der Waals surface area (Å²) in [5.74, 6) is -2.12. The maximum Gasteiger partial charge on any atom is 0.319 e. The zero-order valence-corrected chi connectivity index (χ0v) is 46.2. The molecular formula is C59H57ClF3N11O6S. The first-order valence-corrected chi connectivity index (χ1v) is 27.8. The lowest BCUT2D eigenvalue weighted by Crippen LogP contribution is -2.67. The number of nitrogens with two attached hydrogens (primary N) is 1. The van der Waals surface area contributed by atoms with Crippen molar-refractivity contribution in [2.75, 3.05) is 50.6 Å². The fraction of sp³-hybridized carbons (Fsp3) is 0.339. The number of hydrogen-bond donors (Lipinski definition) is 4. The van der Waals surface area contributed by atoms with Crippen LogP contribution in [0.5, 0.6) is 11.8 Å². The number of amides is 2. The standard InChI is InChI=1S/C59H57ClF3N11O6S/c1-30(2)52(58(77)73-20-6-9-47(73)57(76)67-46(27-75)34-14-16-35(17-15-34)48-42(61)7-5-8-43(48)62)74-26-45(70-71-74)33-12-10-32(11-13-33)29-79-53-50(38-18-19-44(63)54-49(38)40(23-64)55(65)81-54)41(60)22-39-51(53)68-59(80-28-31(3)78-4)69-56(39)72-24-36-21-37(25-72)66-36/h5,7-8,10-19,22,26,30-31,36-37,46-47,52,66,75H,6,9,20-21,24-25,27-29,65H2,1-4H3,(H,67,76)/t31-,36?,37?,46?,47?,52?/m0/s1. The van der Waals surface area contributed by atoms with Crippen molar-refractivity contribution >= 4 is 66.6 Å². The molecule has 0 aliphatic carbocycles. The van der Waals surface area contributed by atoms with Crippen LogP contribution in [-0.2, 0) is 20.9 Å². The van der Waals surface area contributed by atoms with Crippen molar-refractivity contribution < 1.29 is 42.1 Å². The van der Waals surface area contributed by atoms with Crippen LogP contribution in [0, 0.1) is 34.7 Å². The zero-order chi connectivity index (χ0) is 56.8. The van der Waals surface area contributed by atoms with E-state index in [0.717, 1.165) is 23.3 Å². The van der Waals surface area contributed by atoms with E-state index in [9.17, 15) is 28.7 Å². The van der Waals surface area contributed by atoms with Crippen LogP contribution < -0.4 is 30.7 Å². The van der Waals surface area contributed by atoms with Gasteiger partial charge in [-0.15, -0.1) is 16.4 Å². The van der Waals surface area contributed by atoms with E-state index in [1.807, 2.05) is 45.0 Å². The number of nitrogens with zero attached hydrogens (tertiary/aromatic N) is 8. The highest BCUT2D eigenvalue weighted by Gasteiger charge is 2.41. The number of aromatic nitrogens is 5. The molecule has 17 nitrogen and oxygen atoms in total. The molecule has 4 aliphatic rings. The molecule has 5 aromatic carbocycles. The number of nitriles is 1. The summed E-state index contributed by atoms with van der Waals surface area (Å²) >= 11 is 8.33. The summed E-state index contributed by atoms with van der Waals surface area (Å²) < 4.78 is 64.8. The van der Waals surface area contributed by atoms with Gasteiger partial charge in [-0.25, -0.2) is 17.9 Å². The largest absolute Gasteiger partial charge is 0.486 e. The Hall–Kier alpha value is -7.87. The zero-order valence-electron chi connectivity index (χ0n) is 44.6. The van der Waals surface area contributed by atoms with Gasteiger partial charge in [0.25, 0.3) is 0 Å². The topological polar surface area (TPSA) is 219 Å². The predicted molar refractivity (Wildman–Crippen MR) is 302 cm³/mol. The number of nitrogens with one attached hydrogen (secondary N) is 2. The van der Waals surface area contributed by atoms with Gasteiger partial charge in [-0.2, -0.15) is 15.2 Å². The molecule has 4 aliphatic heterocycles. The highest BCUT2D eigenvalue weighted by Crippen LogP contribution is 2.50. The van der Waals surface area contributed by atoms with E-state index < -0.39 is 48.1 Å². The Morgan fingerprint density at radius 2 is 1.68 bits per heavy atom. The van der Waals surface area contributed by atoms with Crippen LogP contribution in [0.15, 0.2) is 91.1 Å². The highest BCUT2D eigenvalue weighted by molar-refractivity contribution is 7.23. The molecule has 0 saturated carbocycles. The minimum absolute atomic E-state index is 0.00118. The quantitative estimate of drug-likeness (QED) is 0.0629. The highest BCUT2D eigenvalue weighted by atomic mass is 35.5. The molecule has 2 bridgehead atoms. The van der Waals surface area contributed by atoms with Crippen molar-refractivity contribution in [2.24, 2.45) is 5.92 Å². The minimum Gasteiger partial charge on any atom is -0.486 e. The smallest absolute Gasteiger partial charge is 0.319 e. The van der Waals surface area contributed by atoms with Crippen LogP contribution in [-0.4, -0.2) is 111 Å². The first-order chi connectivity index (χ1) is 39.1. The molecule has 7 heterocycles. The Balaban J connectivity index is 0.853. The predicted octanol–water partition coefficient (Wildman–Crippen LogP) is 9.54. The SMILES string of the molecule is CO[C@@H](C)COc1nc(N2CC3CC(C2)N3)c2cc(Cl)c(-c3ccc(F)c4sc(N)c(C#N)c34)c(OCc3ccc(-c4cn(C(C(=O)N5CCCC5C(=O)NC(CO)c5ccc(-c6c(F)cccc6F)cc5)C(C)C)nn4)cc3)c2n1. The number of anilines is 2. The molecule has 3 aromatic heterocycles. The van der Waals surface area contributed by atoms with Gasteiger partial charge in [0.15, 0.2) is 5.75 Å². The molecular weight excluding hydrogens is 1080 g/mol. The normalized spacial score (nSPS) is 18.0. The second-order valence-electron chi connectivity index (χ2n) is 21.0. The van der Waals surface area contributed by atoms with Gasteiger partial charge >= 0.3 is 6.01 Å². The number of rotatable bonds is 18. The molecule has 0 spiro atoms. The number of aliphatic hydroxyl groups excluding tert-OH is 1. The fourth-order valence-corrected chi connectivity index (χ4v) is 12.4. The number of ether oxygens (including phenoxy) is 3. The molecule has 5 N–H and O–H groups in total. The number of hydrogen-bond acceptors (Lipinski definition) is 15. The summed E-state index contributed by atoms with van der Waals surface area (Å²) in [6, 6.07) is 22.3. The molecule has 8 aromatic rings. The minimum atomic E-state index is -0.849.